The Morgan fingerprint density at radius 2 is 1.61 bits per heavy atom. The summed E-state index contributed by atoms with van der Waals surface area (Å²) in [7, 11) is 0. The van der Waals surface area contributed by atoms with Gasteiger partial charge in [-0.3, -0.25) is 0 Å². The fourth-order valence-corrected chi connectivity index (χ4v) is 3.93. The number of para-hydroxylation sites is 3. The van der Waals surface area contributed by atoms with Crippen LogP contribution in [0.2, 0.25) is 0 Å². The van der Waals surface area contributed by atoms with Gasteiger partial charge in [-0.2, -0.15) is 4.98 Å². The number of fused-ring (bicyclic) bond motifs is 2. The first-order valence-electron chi connectivity index (χ1n) is 10.6. The number of imidazole rings is 1. The van der Waals surface area contributed by atoms with Gasteiger partial charge in [0.1, 0.15) is 11.6 Å². The van der Waals surface area contributed by atoms with Crippen LogP contribution in [0.25, 0.3) is 39.0 Å². The molecule has 6 nitrogen and oxygen atoms in total. The first-order valence-corrected chi connectivity index (χ1v) is 10.6. The van der Waals surface area contributed by atoms with Crippen LogP contribution in [-0.4, -0.2) is 19.5 Å². The molecule has 0 radical (unpaired) electrons. The molecule has 0 spiro atoms. The Hall–Kier alpha value is -4.71. The minimum Gasteiger partial charge on any atom is -0.439 e. The molecule has 0 saturated carbocycles. The van der Waals surface area contributed by atoms with Crippen LogP contribution in [0.15, 0.2) is 108 Å². The Morgan fingerprint density at radius 1 is 0.758 bits per heavy atom. The number of hydrogen-bond donors (Lipinski definition) is 1. The largest absolute Gasteiger partial charge is 0.439 e. The van der Waals surface area contributed by atoms with Crippen LogP contribution in [-0.2, 0) is 0 Å². The molecule has 158 valence electrons. The van der Waals surface area contributed by atoms with Gasteiger partial charge >= 0.3 is 5.69 Å². The van der Waals surface area contributed by atoms with Crippen LogP contribution in [0.1, 0.15) is 0 Å². The molecular weight excluding hydrogens is 412 g/mol. The van der Waals surface area contributed by atoms with E-state index in [0.717, 1.165) is 33.2 Å². The van der Waals surface area contributed by atoms with Gasteiger partial charge in [-0.25, -0.2) is 14.3 Å². The van der Waals surface area contributed by atoms with Crippen molar-refractivity contribution in [2.45, 2.75) is 0 Å². The SMILES string of the molecule is O=c1[nH]c2ccccc2n1-c1cccc(Oc2cccc(-c3ccc4ccccc4n3)c2)n1. The van der Waals surface area contributed by atoms with E-state index in [-0.39, 0.29) is 5.69 Å². The van der Waals surface area contributed by atoms with E-state index >= 15 is 0 Å². The van der Waals surface area contributed by atoms with Crippen molar-refractivity contribution in [2.24, 2.45) is 0 Å². The zero-order chi connectivity index (χ0) is 22.2. The summed E-state index contributed by atoms with van der Waals surface area (Å²) in [5.41, 5.74) is 4.03. The van der Waals surface area contributed by atoms with Crippen LogP contribution in [0.3, 0.4) is 0 Å². The average molecular weight is 430 g/mol. The fraction of sp³-hybridized carbons (Fsp3) is 0. The molecule has 3 heterocycles. The minimum atomic E-state index is -0.245. The van der Waals surface area contributed by atoms with Crippen molar-refractivity contribution in [3.05, 3.63) is 114 Å². The number of pyridine rings is 2. The Morgan fingerprint density at radius 3 is 2.58 bits per heavy atom. The van der Waals surface area contributed by atoms with Crippen molar-refractivity contribution in [1.29, 1.82) is 0 Å². The second-order valence-electron chi connectivity index (χ2n) is 7.64. The third kappa shape index (κ3) is 3.53. The molecule has 0 bridgehead atoms. The summed E-state index contributed by atoms with van der Waals surface area (Å²) in [6.07, 6.45) is 0. The maximum absolute atomic E-state index is 12.5. The topological polar surface area (TPSA) is 72.8 Å². The predicted octanol–water partition coefficient (Wildman–Crippen LogP) is 5.72. The Bertz CT molecular complexity index is 1680. The highest BCUT2D eigenvalue weighted by atomic mass is 16.5. The molecule has 33 heavy (non-hydrogen) atoms. The first-order chi connectivity index (χ1) is 16.2. The smallest absolute Gasteiger partial charge is 0.332 e. The van der Waals surface area contributed by atoms with E-state index < -0.39 is 0 Å². The molecule has 3 aromatic carbocycles. The maximum Gasteiger partial charge on any atom is 0.332 e. The van der Waals surface area contributed by atoms with Crippen molar-refractivity contribution in [3.8, 4) is 28.7 Å². The molecule has 0 aliphatic rings. The summed E-state index contributed by atoms with van der Waals surface area (Å²) < 4.78 is 7.59. The van der Waals surface area contributed by atoms with Crippen LogP contribution < -0.4 is 10.4 Å². The van der Waals surface area contributed by atoms with E-state index in [1.165, 1.54) is 4.57 Å². The monoisotopic (exact) mass is 430 g/mol. The third-order valence-electron chi connectivity index (χ3n) is 5.48. The summed E-state index contributed by atoms with van der Waals surface area (Å²) in [5.74, 6) is 1.52. The lowest BCUT2D eigenvalue weighted by Crippen LogP contribution is -2.15. The molecule has 0 fully saturated rings. The predicted molar refractivity (Wildman–Crippen MR) is 129 cm³/mol. The zero-order valence-electron chi connectivity index (χ0n) is 17.5. The van der Waals surface area contributed by atoms with Crippen LogP contribution in [0.4, 0.5) is 0 Å². The van der Waals surface area contributed by atoms with Gasteiger partial charge in [-0.15, -0.1) is 0 Å². The number of aromatic nitrogens is 4. The average Bonchev–Trinajstić information content (AvgIpc) is 3.20. The molecule has 1 N–H and O–H groups in total. The third-order valence-corrected chi connectivity index (χ3v) is 5.48. The number of rotatable bonds is 4. The van der Waals surface area contributed by atoms with Gasteiger partial charge in [-0.1, -0.05) is 54.6 Å². The summed E-state index contributed by atoms with van der Waals surface area (Å²) >= 11 is 0. The minimum absolute atomic E-state index is 0.245. The van der Waals surface area contributed by atoms with Gasteiger partial charge in [-0.05, 0) is 42.5 Å². The molecule has 0 amide bonds. The number of aromatic amines is 1. The molecule has 0 aliphatic heterocycles. The van der Waals surface area contributed by atoms with Crippen molar-refractivity contribution in [1.82, 2.24) is 19.5 Å². The number of ether oxygens (including phenoxy) is 1. The second kappa shape index (κ2) is 7.76. The molecular formula is C27H18N4O2. The lowest BCUT2D eigenvalue weighted by Gasteiger charge is -2.09. The van der Waals surface area contributed by atoms with Gasteiger partial charge in [0.05, 0.1) is 22.2 Å². The number of hydrogen-bond acceptors (Lipinski definition) is 4. The van der Waals surface area contributed by atoms with E-state index in [9.17, 15) is 4.79 Å². The fourth-order valence-electron chi connectivity index (χ4n) is 3.93. The van der Waals surface area contributed by atoms with E-state index in [1.807, 2.05) is 84.9 Å². The lowest BCUT2D eigenvalue weighted by molar-refractivity contribution is 0.462. The molecule has 0 aliphatic carbocycles. The highest BCUT2D eigenvalue weighted by molar-refractivity contribution is 5.81. The van der Waals surface area contributed by atoms with Gasteiger partial charge in [0, 0.05) is 17.0 Å². The van der Waals surface area contributed by atoms with Crippen LogP contribution in [0, 0.1) is 0 Å². The standard InChI is InChI=1S/C27H18N4O2/c32-27-29-23-11-3-4-12-24(23)31(27)25-13-6-14-26(30-25)33-20-9-5-8-19(17-20)22-16-15-18-7-1-2-10-21(18)28-22/h1-17H,(H,29,32). The van der Waals surface area contributed by atoms with Crippen molar-refractivity contribution < 1.29 is 4.74 Å². The summed E-state index contributed by atoms with van der Waals surface area (Å²) in [6, 6.07) is 32.7. The molecule has 0 saturated heterocycles. The molecule has 6 heteroatoms. The second-order valence-corrected chi connectivity index (χ2v) is 7.64. The molecule has 6 rings (SSSR count). The number of H-pyrrole nitrogens is 1. The highest BCUT2D eigenvalue weighted by Crippen LogP contribution is 2.27. The van der Waals surface area contributed by atoms with Gasteiger partial charge in [0.15, 0.2) is 0 Å². The van der Waals surface area contributed by atoms with Gasteiger partial charge < -0.3 is 9.72 Å². The summed E-state index contributed by atoms with van der Waals surface area (Å²) in [4.78, 5) is 24.7. The molecule has 3 aromatic heterocycles. The zero-order valence-corrected chi connectivity index (χ0v) is 17.5. The quantitative estimate of drug-likeness (QED) is 0.388. The number of benzene rings is 3. The first kappa shape index (κ1) is 19.0. The number of nitrogens with zero attached hydrogens (tertiary/aromatic N) is 3. The van der Waals surface area contributed by atoms with Crippen molar-refractivity contribution >= 4 is 21.9 Å². The summed E-state index contributed by atoms with van der Waals surface area (Å²) in [6.45, 7) is 0. The number of nitrogens with one attached hydrogen (secondary N) is 1. The Labute approximate surface area is 188 Å². The molecule has 0 unspecified atom stereocenters. The van der Waals surface area contributed by atoms with Gasteiger partial charge in [0.25, 0.3) is 0 Å². The van der Waals surface area contributed by atoms with E-state index in [0.29, 0.717) is 17.4 Å². The Balaban J connectivity index is 1.34. The molecule has 0 atom stereocenters. The van der Waals surface area contributed by atoms with E-state index in [1.54, 1.807) is 12.1 Å². The van der Waals surface area contributed by atoms with Crippen molar-refractivity contribution in [3.63, 3.8) is 0 Å². The van der Waals surface area contributed by atoms with Gasteiger partial charge in [0.2, 0.25) is 5.88 Å². The highest BCUT2D eigenvalue weighted by Gasteiger charge is 2.11. The van der Waals surface area contributed by atoms with E-state index in [2.05, 4.69) is 16.0 Å². The van der Waals surface area contributed by atoms with Crippen molar-refractivity contribution in [2.75, 3.05) is 0 Å². The molecule has 6 aromatic rings. The normalized spacial score (nSPS) is 11.2. The van der Waals surface area contributed by atoms with Crippen LogP contribution >= 0.6 is 0 Å². The van der Waals surface area contributed by atoms with Crippen LogP contribution in [0.5, 0.6) is 11.6 Å². The Kier molecular flexibility index (Phi) is 4.47. The summed E-state index contributed by atoms with van der Waals surface area (Å²) in [5, 5.41) is 1.10. The maximum atomic E-state index is 12.5. The lowest BCUT2D eigenvalue weighted by atomic mass is 10.1. The van der Waals surface area contributed by atoms with E-state index in [4.69, 9.17) is 9.72 Å².